The topological polar surface area (TPSA) is 55.8 Å². The third kappa shape index (κ3) is 26.3. The molecule has 0 aromatic carbocycles. The number of hydrogen-bond acceptors (Lipinski definition) is 5. The van der Waals surface area contributed by atoms with E-state index in [-0.39, 0.29) is 18.0 Å². The minimum Gasteiger partial charge on any atom is -0.466 e. The van der Waals surface area contributed by atoms with Crippen LogP contribution >= 0.6 is 0 Å². The molecule has 1 unspecified atom stereocenters. The molecule has 0 spiro atoms. The highest BCUT2D eigenvalue weighted by molar-refractivity contribution is 5.69. The Bertz CT molecular complexity index is 771. The predicted octanol–water partition coefficient (Wildman–Crippen LogP) is 14.2. The molecule has 0 amide bonds. The maximum Gasteiger partial charge on any atom is 0.306 e. The van der Waals surface area contributed by atoms with Crippen LogP contribution in [0.3, 0.4) is 0 Å². The van der Waals surface area contributed by atoms with Gasteiger partial charge in [0, 0.05) is 18.4 Å². The van der Waals surface area contributed by atoms with E-state index in [4.69, 9.17) is 9.47 Å². The number of carbonyl (C=O) groups excluding carboxylic acids is 2. The number of carbonyl (C=O) groups is 2. The van der Waals surface area contributed by atoms with Crippen LogP contribution in [-0.2, 0) is 19.1 Å². The van der Waals surface area contributed by atoms with E-state index >= 15 is 0 Å². The van der Waals surface area contributed by atoms with E-state index < -0.39 is 0 Å². The fourth-order valence-corrected chi connectivity index (χ4v) is 8.46. The van der Waals surface area contributed by atoms with Crippen molar-refractivity contribution in [2.45, 2.75) is 264 Å². The normalized spacial score (nSPS) is 16.3. The van der Waals surface area contributed by atoms with Crippen LogP contribution in [0.2, 0.25) is 0 Å². The Kier molecular flexibility index (Phi) is 32.6. The molecule has 5 nitrogen and oxygen atoms in total. The fourth-order valence-electron chi connectivity index (χ4n) is 8.46. The summed E-state index contributed by atoms with van der Waals surface area (Å²) < 4.78 is 11.6. The monoisotopic (exact) mass is 720 g/mol. The van der Waals surface area contributed by atoms with E-state index in [0.29, 0.717) is 25.0 Å². The lowest BCUT2D eigenvalue weighted by molar-refractivity contribution is -0.150. The highest BCUT2D eigenvalue weighted by Crippen LogP contribution is 2.38. The van der Waals surface area contributed by atoms with Gasteiger partial charge in [-0.25, -0.2) is 0 Å². The number of unbranched alkanes of at least 4 members (excludes halogenated alkanes) is 22. The quantitative estimate of drug-likeness (QED) is 0.0470. The Hall–Kier alpha value is -1.10. The highest BCUT2D eigenvalue weighted by Gasteiger charge is 2.38. The number of ether oxygens (including phenoxy) is 2. The number of hydrogen-bond donors (Lipinski definition) is 0. The van der Waals surface area contributed by atoms with Crippen LogP contribution in [0.4, 0.5) is 0 Å². The first-order valence-corrected chi connectivity index (χ1v) is 23.1. The maximum atomic E-state index is 12.9. The van der Waals surface area contributed by atoms with Gasteiger partial charge < -0.3 is 9.47 Å². The third-order valence-electron chi connectivity index (χ3n) is 11.7. The molecule has 0 aromatic rings. The van der Waals surface area contributed by atoms with Gasteiger partial charge in [-0.15, -0.1) is 0 Å². The highest BCUT2D eigenvalue weighted by atomic mass is 16.5. The van der Waals surface area contributed by atoms with Crippen molar-refractivity contribution < 1.29 is 19.1 Å². The van der Waals surface area contributed by atoms with Crippen molar-refractivity contribution in [1.29, 1.82) is 0 Å². The molecule has 0 N–H and O–H groups in total. The van der Waals surface area contributed by atoms with E-state index in [9.17, 15) is 9.59 Å². The molecule has 1 rings (SSSR count). The Balaban J connectivity index is 2.27. The van der Waals surface area contributed by atoms with Gasteiger partial charge in [0.2, 0.25) is 0 Å². The molecular weight excluding hydrogens is 631 g/mol. The molecule has 302 valence electrons. The van der Waals surface area contributed by atoms with Crippen LogP contribution in [0.15, 0.2) is 0 Å². The molecule has 1 heterocycles. The van der Waals surface area contributed by atoms with Gasteiger partial charge in [0.1, 0.15) is 6.10 Å². The number of esters is 2. The van der Waals surface area contributed by atoms with Gasteiger partial charge in [0.05, 0.1) is 6.61 Å². The molecule has 0 aromatic heterocycles. The van der Waals surface area contributed by atoms with Gasteiger partial charge in [0.15, 0.2) is 0 Å². The van der Waals surface area contributed by atoms with Crippen molar-refractivity contribution in [3.8, 4) is 0 Å². The van der Waals surface area contributed by atoms with Crippen LogP contribution in [0.25, 0.3) is 0 Å². The zero-order valence-electron chi connectivity index (χ0n) is 35.0. The lowest BCUT2D eigenvalue weighted by atomic mass is 9.84. The minimum atomic E-state index is -0.000170. The standard InChI is InChI=1S/C46H89NO4/c1-5-9-12-15-18-25-32-42-50-44(48)36-28-21-23-30-38-46(40-33-41-47(46)8-4)39-31-24-22-29-37-45(49)51-43(34-26-19-16-13-10-6-2)35-27-20-17-14-11-7-3/h43H,5-42H2,1-4H3. The first kappa shape index (κ1) is 47.9. The van der Waals surface area contributed by atoms with Gasteiger partial charge in [-0.2, -0.15) is 0 Å². The van der Waals surface area contributed by atoms with E-state index in [1.54, 1.807) is 0 Å². The summed E-state index contributed by atoms with van der Waals surface area (Å²) in [6.45, 7) is 12.1. The second-order valence-corrected chi connectivity index (χ2v) is 16.3. The van der Waals surface area contributed by atoms with Crippen LogP contribution in [0, 0.1) is 0 Å². The van der Waals surface area contributed by atoms with E-state index in [0.717, 1.165) is 51.5 Å². The summed E-state index contributed by atoms with van der Waals surface area (Å²) in [4.78, 5) is 27.8. The van der Waals surface area contributed by atoms with E-state index in [1.807, 2.05) is 0 Å². The average molecular weight is 720 g/mol. The molecule has 1 saturated heterocycles. The summed E-state index contributed by atoms with van der Waals surface area (Å²) in [5.74, 6) is 0.0441. The Morgan fingerprint density at radius 1 is 0.529 bits per heavy atom. The second-order valence-electron chi connectivity index (χ2n) is 16.3. The first-order chi connectivity index (χ1) is 25.0. The smallest absolute Gasteiger partial charge is 0.306 e. The zero-order chi connectivity index (χ0) is 37.1. The number of likely N-dealkylation sites (tertiary alicyclic amines) is 1. The van der Waals surface area contributed by atoms with Crippen LogP contribution < -0.4 is 0 Å². The number of rotatable bonds is 38. The molecule has 0 aliphatic carbocycles. The molecule has 1 aliphatic heterocycles. The Labute approximate surface area is 318 Å². The van der Waals surface area contributed by atoms with Crippen LogP contribution in [0.1, 0.15) is 252 Å². The van der Waals surface area contributed by atoms with Crippen molar-refractivity contribution in [2.24, 2.45) is 0 Å². The number of nitrogens with zero attached hydrogens (tertiary/aromatic N) is 1. The van der Waals surface area contributed by atoms with Crippen molar-refractivity contribution in [2.75, 3.05) is 19.7 Å². The van der Waals surface area contributed by atoms with E-state index in [2.05, 4.69) is 32.6 Å². The van der Waals surface area contributed by atoms with Crippen molar-refractivity contribution >= 4 is 11.9 Å². The van der Waals surface area contributed by atoms with Gasteiger partial charge in [-0.1, -0.05) is 169 Å². The molecule has 1 fully saturated rings. The minimum absolute atomic E-state index is 0.000170. The van der Waals surface area contributed by atoms with Gasteiger partial charge in [-0.3, -0.25) is 14.5 Å². The van der Waals surface area contributed by atoms with Crippen LogP contribution in [-0.4, -0.2) is 48.2 Å². The summed E-state index contributed by atoms with van der Waals surface area (Å²) in [6, 6.07) is 0. The molecule has 0 bridgehead atoms. The first-order valence-electron chi connectivity index (χ1n) is 23.1. The lowest BCUT2D eigenvalue weighted by Crippen LogP contribution is -2.43. The van der Waals surface area contributed by atoms with Crippen molar-refractivity contribution in [3.05, 3.63) is 0 Å². The summed E-state index contributed by atoms with van der Waals surface area (Å²) in [5, 5.41) is 0. The predicted molar refractivity (Wildman–Crippen MR) is 219 cm³/mol. The fraction of sp³-hybridized carbons (Fsp3) is 0.957. The summed E-state index contributed by atoms with van der Waals surface area (Å²) in [5.41, 5.74) is 0.365. The van der Waals surface area contributed by atoms with Gasteiger partial charge in [0.25, 0.3) is 0 Å². The Morgan fingerprint density at radius 2 is 0.961 bits per heavy atom. The third-order valence-corrected chi connectivity index (χ3v) is 11.7. The van der Waals surface area contributed by atoms with Gasteiger partial charge in [-0.05, 0) is 83.7 Å². The average Bonchev–Trinajstić information content (AvgIpc) is 3.54. The molecule has 0 radical (unpaired) electrons. The maximum absolute atomic E-state index is 12.9. The molecule has 5 heteroatoms. The Morgan fingerprint density at radius 3 is 1.47 bits per heavy atom. The molecule has 51 heavy (non-hydrogen) atoms. The summed E-state index contributed by atoms with van der Waals surface area (Å²) in [6.07, 6.45) is 42.0. The zero-order valence-corrected chi connectivity index (χ0v) is 35.0. The van der Waals surface area contributed by atoms with Crippen molar-refractivity contribution in [1.82, 2.24) is 4.90 Å². The summed E-state index contributed by atoms with van der Waals surface area (Å²) >= 11 is 0. The van der Waals surface area contributed by atoms with Crippen LogP contribution in [0.5, 0.6) is 0 Å². The summed E-state index contributed by atoms with van der Waals surface area (Å²) in [7, 11) is 0. The van der Waals surface area contributed by atoms with Crippen molar-refractivity contribution in [3.63, 3.8) is 0 Å². The molecule has 0 saturated carbocycles. The van der Waals surface area contributed by atoms with Gasteiger partial charge >= 0.3 is 11.9 Å². The second kappa shape index (κ2) is 34.7. The lowest BCUT2D eigenvalue weighted by Gasteiger charge is -2.39. The van der Waals surface area contributed by atoms with E-state index in [1.165, 1.54) is 173 Å². The SMILES string of the molecule is CCCCCCCCCOC(=O)CCCCCCC1(CCCCCCC(=O)OC(CCCCCCCC)CCCCCCCC)CCCN1CC. The molecule has 1 atom stereocenters. The largest absolute Gasteiger partial charge is 0.466 e. The molecular formula is C46H89NO4. The molecule has 1 aliphatic rings.